The molecule has 2 amide bonds. The van der Waals surface area contributed by atoms with E-state index in [1.807, 2.05) is 31.2 Å². The first-order chi connectivity index (χ1) is 8.65. The molecule has 0 saturated carbocycles. The summed E-state index contributed by atoms with van der Waals surface area (Å²) in [5.74, 6) is 0. The molecule has 0 aliphatic carbocycles. The SMILES string of the molecule is CC(NC(=O)NC1CCOC1)c1ccc(N)cc1. The fourth-order valence-electron chi connectivity index (χ4n) is 1.94. The lowest BCUT2D eigenvalue weighted by Gasteiger charge is -2.17. The van der Waals surface area contributed by atoms with E-state index in [4.69, 9.17) is 10.5 Å². The van der Waals surface area contributed by atoms with Crippen LogP contribution in [0.5, 0.6) is 0 Å². The minimum atomic E-state index is -0.158. The van der Waals surface area contributed by atoms with Crippen molar-refractivity contribution in [3.63, 3.8) is 0 Å². The van der Waals surface area contributed by atoms with Crippen molar-refractivity contribution in [2.75, 3.05) is 18.9 Å². The average Bonchev–Trinajstić information content (AvgIpc) is 2.82. The number of carbonyl (C=O) groups excluding carboxylic acids is 1. The lowest BCUT2D eigenvalue weighted by molar-refractivity contribution is 0.188. The molecule has 1 fully saturated rings. The van der Waals surface area contributed by atoms with Crippen LogP contribution in [-0.4, -0.2) is 25.3 Å². The highest BCUT2D eigenvalue weighted by Crippen LogP contribution is 2.14. The van der Waals surface area contributed by atoms with Gasteiger partial charge in [-0.15, -0.1) is 0 Å². The first-order valence-electron chi connectivity index (χ1n) is 6.15. The molecular weight excluding hydrogens is 230 g/mol. The molecule has 1 saturated heterocycles. The summed E-state index contributed by atoms with van der Waals surface area (Å²) in [6.07, 6.45) is 0.879. The number of nitrogen functional groups attached to an aromatic ring is 1. The molecule has 2 unspecified atom stereocenters. The van der Waals surface area contributed by atoms with Gasteiger partial charge in [0.15, 0.2) is 0 Å². The maximum Gasteiger partial charge on any atom is 0.315 e. The quantitative estimate of drug-likeness (QED) is 0.709. The highest BCUT2D eigenvalue weighted by Gasteiger charge is 2.18. The molecule has 2 rings (SSSR count). The smallest absolute Gasteiger partial charge is 0.315 e. The van der Waals surface area contributed by atoms with Gasteiger partial charge < -0.3 is 21.1 Å². The fraction of sp³-hybridized carbons (Fsp3) is 0.462. The Hall–Kier alpha value is -1.75. The van der Waals surface area contributed by atoms with E-state index in [-0.39, 0.29) is 18.1 Å². The van der Waals surface area contributed by atoms with Gasteiger partial charge in [0, 0.05) is 12.3 Å². The van der Waals surface area contributed by atoms with Gasteiger partial charge in [0.1, 0.15) is 0 Å². The number of hydrogen-bond acceptors (Lipinski definition) is 3. The Morgan fingerprint density at radius 1 is 1.44 bits per heavy atom. The Balaban J connectivity index is 1.84. The third kappa shape index (κ3) is 3.37. The van der Waals surface area contributed by atoms with Gasteiger partial charge in [-0.3, -0.25) is 0 Å². The Morgan fingerprint density at radius 3 is 2.78 bits per heavy atom. The molecule has 5 heteroatoms. The predicted molar refractivity (Wildman–Crippen MR) is 70.2 cm³/mol. The zero-order valence-corrected chi connectivity index (χ0v) is 10.5. The van der Waals surface area contributed by atoms with E-state index in [1.165, 1.54) is 0 Å². The van der Waals surface area contributed by atoms with E-state index in [0.717, 1.165) is 24.3 Å². The Morgan fingerprint density at radius 2 is 2.17 bits per heavy atom. The summed E-state index contributed by atoms with van der Waals surface area (Å²) < 4.78 is 5.20. The Bertz CT molecular complexity index is 399. The number of hydrogen-bond donors (Lipinski definition) is 3. The largest absolute Gasteiger partial charge is 0.399 e. The number of urea groups is 1. The minimum absolute atomic E-state index is 0.0482. The number of amides is 2. The van der Waals surface area contributed by atoms with Crippen molar-refractivity contribution in [2.45, 2.75) is 25.4 Å². The summed E-state index contributed by atoms with van der Waals surface area (Å²) in [6.45, 7) is 3.26. The molecule has 1 aromatic carbocycles. The van der Waals surface area contributed by atoms with Crippen LogP contribution in [0.1, 0.15) is 24.9 Å². The predicted octanol–water partition coefficient (Wildman–Crippen LogP) is 1.42. The average molecular weight is 249 g/mol. The maximum atomic E-state index is 11.7. The van der Waals surface area contributed by atoms with Crippen LogP contribution < -0.4 is 16.4 Å². The van der Waals surface area contributed by atoms with Gasteiger partial charge in [0.05, 0.1) is 18.7 Å². The lowest BCUT2D eigenvalue weighted by Crippen LogP contribution is -2.43. The van der Waals surface area contributed by atoms with Crippen LogP contribution in [-0.2, 0) is 4.74 Å². The van der Waals surface area contributed by atoms with Gasteiger partial charge in [-0.05, 0) is 31.0 Å². The molecule has 18 heavy (non-hydrogen) atoms. The molecule has 0 spiro atoms. The normalized spacial score (nSPS) is 20.4. The Kier molecular flexibility index (Phi) is 4.04. The Labute approximate surface area is 107 Å². The zero-order chi connectivity index (χ0) is 13.0. The molecule has 5 nitrogen and oxygen atoms in total. The molecule has 1 heterocycles. The van der Waals surface area contributed by atoms with Crippen LogP contribution in [0.4, 0.5) is 10.5 Å². The maximum absolute atomic E-state index is 11.7. The third-order valence-corrected chi connectivity index (χ3v) is 3.05. The van der Waals surface area contributed by atoms with Gasteiger partial charge in [-0.2, -0.15) is 0 Å². The number of nitrogens with one attached hydrogen (secondary N) is 2. The fourth-order valence-corrected chi connectivity index (χ4v) is 1.94. The highest BCUT2D eigenvalue weighted by atomic mass is 16.5. The molecule has 1 aliphatic heterocycles. The summed E-state index contributed by atoms with van der Waals surface area (Å²) >= 11 is 0. The minimum Gasteiger partial charge on any atom is -0.399 e. The van der Waals surface area contributed by atoms with Crippen molar-refractivity contribution in [2.24, 2.45) is 0 Å². The number of nitrogens with two attached hydrogens (primary N) is 1. The van der Waals surface area contributed by atoms with Gasteiger partial charge >= 0.3 is 6.03 Å². The second-order valence-corrected chi connectivity index (χ2v) is 4.57. The second-order valence-electron chi connectivity index (χ2n) is 4.57. The van der Waals surface area contributed by atoms with Crippen LogP contribution in [0.3, 0.4) is 0 Å². The summed E-state index contributed by atoms with van der Waals surface area (Å²) in [5.41, 5.74) is 7.37. The first-order valence-corrected chi connectivity index (χ1v) is 6.15. The molecule has 0 radical (unpaired) electrons. The van der Waals surface area contributed by atoms with E-state index < -0.39 is 0 Å². The van der Waals surface area contributed by atoms with E-state index in [2.05, 4.69) is 10.6 Å². The van der Waals surface area contributed by atoms with Crippen molar-refractivity contribution in [1.29, 1.82) is 0 Å². The van der Waals surface area contributed by atoms with Crippen molar-refractivity contribution in [1.82, 2.24) is 10.6 Å². The second kappa shape index (κ2) is 5.73. The monoisotopic (exact) mass is 249 g/mol. The summed E-state index contributed by atoms with van der Waals surface area (Å²) in [4.78, 5) is 11.7. The molecule has 1 aromatic rings. The van der Waals surface area contributed by atoms with Crippen LogP contribution in [0.2, 0.25) is 0 Å². The van der Waals surface area contributed by atoms with Crippen LogP contribution in [0.15, 0.2) is 24.3 Å². The van der Waals surface area contributed by atoms with Crippen molar-refractivity contribution in [3.05, 3.63) is 29.8 Å². The highest BCUT2D eigenvalue weighted by molar-refractivity contribution is 5.74. The van der Waals surface area contributed by atoms with E-state index in [0.29, 0.717) is 6.61 Å². The summed E-state index contributed by atoms with van der Waals surface area (Å²) in [6, 6.07) is 7.41. The molecule has 0 aromatic heterocycles. The summed E-state index contributed by atoms with van der Waals surface area (Å²) in [5, 5.41) is 5.79. The van der Waals surface area contributed by atoms with Gasteiger partial charge in [0.25, 0.3) is 0 Å². The van der Waals surface area contributed by atoms with E-state index in [9.17, 15) is 4.79 Å². The van der Waals surface area contributed by atoms with Crippen molar-refractivity contribution < 1.29 is 9.53 Å². The lowest BCUT2D eigenvalue weighted by atomic mass is 10.1. The molecule has 0 bridgehead atoms. The molecular formula is C13H19N3O2. The standard InChI is InChI=1S/C13H19N3O2/c1-9(10-2-4-11(14)5-3-10)15-13(17)16-12-6-7-18-8-12/h2-5,9,12H,6-8,14H2,1H3,(H2,15,16,17). The number of anilines is 1. The van der Waals surface area contributed by atoms with Crippen LogP contribution >= 0.6 is 0 Å². The third-order valence-electron chi connectivity index (χ3n) is 3.05. The van der Waals surface area contributed by atoms with Gasteiger partial charge in [-0.25, -0.2) is 4.79 Å². The molecule has 4 N–H and O–H groups in total. The molecule has 98 valence electrons. The first kappa shape index (κ1) is 12.7. The van der Waals surface area contributed by atoms with Crippen molar-refractivity contribution >= 4 is 11.7 Å². The molecule has 2 atom stereocenters. The number of ether oxygens (including phenoxy) is 1. The van der Waals surface area contributed by atoms with E-state index >= 15 is 0 Å². The summed E-state index contributed by atoms with van der Waals surface area (Å²) in [7, 11) is 0. The number of carbonyl (C=O) groups is 1. The number of rotatable bonds is 3. The number of benzene rings is 1. The zero-order valence-electron chi connectivity index (χ0n) is 10.5. The van der Waals surface area contributed by atoms with Gasteiger partial charge in [0.2, 0.25) is 0 Å². The topological polar surface area (TPSA) is 76.4 Å². The van der Waals surface area contributed by atoms with Crippen molar-refractivity contribution in [3.8, 4) is 0 Å². The van der Waals surface area contributed by atoms with Gasteiger partial charge in [-0.1, -0.05) is 12.1 Å². The molecule has 1 aliphatic rings. The van der Waals surface area contributed by atoms with Crippen LogP contribution in [0.25, 0.3) is 0 Å². The van der Waals surface area contributed by atoms with E-state index in [1.54, 1.807) is 0 Å². The van der Waals surface area contributed by atoms with Crippen LogP contribution in [0, 0.1) is 0 Å².